The molecule has 2 aromatic carbocycles. The number of carbonyl (C=O) groups excluding carboxylic acids is 1. The second-order valence-electron chi connectivity index (χ2n) is 7.31. The van der Waals surface area contributed by atoms with Crippen LogP contribution >= 0.6 is 0 Å². The molecule has 8 nitrogen and oxygen atoms in total. The molecule has 0 unspecified atom stereocenters. The molecule has 0 radical (unpaired) electrons. The third-order valence-corrected chi connectivity index (χ3v) is 5.60. The normalized spacial score (nSPS) is 11.2. The predicted molar refractivity (Wildman–Crippen MR) is 118 cm³/mol. The SMILES string of the molecule is CCNC(=O)N(Cc1ccc(OC)c(OS(=O)(=O)c2ccc(OC)cc2)c1)CC(C)C. The van der Waals surface area contributed by atoms with Crippen LogP contribution in [0.5, 0.6) is 17.2 Å². The van der Waals surface area contributed by atoms with E-state index in [2.05, 4.69) is 5.32 Å². The number of urea groups is 1. The molecule has 0 atom stereocenters. The molecule has 31 heavy (non-hydrogen) atoms. The van der Waals surface area contributed by atoms with E-state index >= 15 is 0 Å². The lowest BCUT2D eigenvalue weighted by Crippen LogP contribution is -2.41. The summed E-state index contributed by atoms with van der Waals surface area (Å²) in [7, 11) is -1.16. The fourth-order valence-corrected chi connectivity index (χ4v) is 3.87. The van der Waals surface area contributed by atoms with E-state index in [0.717, 1.165) is 0 Å². The van der Waals surface area contributed by atoms with Crippen molar-refractivity contribution in [2.24, 2.45) is 5.92 Å². The maximum absolute atomic E-state index is 12.7. The van der Waals surface area contributed by atoms with E-state index in [1.807, 2.05) is 20.8 Å². The highest BCUT2D eigenvalue weighted by atomic mass is 32.2. The van der Waals surface area contributed by atoms with E-state index < -0.39 is 10.1 Å². The van der Waals surface area contributed by atoms with Gasteiger partial charge in [-0.25, -0.2) is 4.79 Å². The van der Waals surface area contributed by atoms with Gasteiger partial charge in [-0.15, -0.1) is 0 Å². The highest BCUT2D eigenvalue weighted by molar-refractivity contribution is 7.87. The summed E-state index contributed by atoms with van der Waals surface area (Å²) in [5.74, 6) is 1.13. The van der Waals surface area contributed by atoms with Crippen LogP contribution in [-0.4, -0.2) is 46.7 Å². The van der Waals surface area contributed by atoms with Crippen molar-refractivity contribution in [1.29, 1.82) is 0 Å². The van der Waals surface area contributed by atoms with Gasteiger partial charge in [-0.3, -0.25) is 0 Å². The lowest BCUT2D eigenvalue weighted by molar-refractivity contribution is 0.188. The first-order valence-corrected chi connectivity index (χ1v) is 11.4. The Labute approximate surface area is 184 Å². The molecule has 0 spiro atoms. The van der Waals surface area contributed by atoms with Crippen molar-refractivity contribution in [2.75, 3.05) is 27.3 Å². The van der Waals surface area contributed by atoms with Crippen LogP contribution in [0.15, 0.2) is 47.4 Å². The van der Waals surface area contributed by atoms with E-state index in [4.69, 9.17) is 13.7 Å². The van der Waals surface area contributed by atoms with Crippen LogP contribution in [0.2, 0.25) is 0 Å². The molecule has 0 heterocycles. The second-order valence-corrected chi connectivity index (χ2v) is 8.85. The lowest BCUT2D eigenvalue weighted by atomic mass is 10.1. The van der Waals surface area contributed by atoms with Crippen molar-refractivity contribution in [2.45, 2.75) is 32.2 Å². The monoisotopic (exact) mass is 450 g/mol. The van der Waals surface area contributed by atoms with Crippen molar-refractivity contribution < 1.29 is 26.9 Å². The summed E-state index contributed by atoms with van der Waals surface area (Å²) in [6.07, 6.45) is 0. The van der Waals surface area contributed by atoms with Crippen molar-refractivity contribution in [3.8, 4) is 17.2 Å². The molecular formula is C22H30N2O6S. The number of hydrogen-bond donors (Lipinski definition) is 1. The van der Waals surface area contributed by atoms with Gasteiger partial charge in [-0.1, -0.05) is 19.9 Å². The van der Waals surface area contributed by atoms with Crippen LogP contribution in [0.4, 0.5) is 4.79 Å². The minimum Gasteiger partial charge on any atom is -0.497 e. The van der Waals surface area contributed by atoms with Crippen LogP contribution in [0.25, 0.3) is 0 Å². The van der Waals surface area contributed by atoms with Crippen LogP contribution in [0.1, 0.15) is 26.3 Å². The van der Waals surface area contributed by atoms with Crippen molar-refractivity contribution in [3.63, 3.8) is 0 Å². The molecule has 2 rings (SSSR count). The minimum absolute atomic E-state index is 0.00971. The molecule has 0 aromatic heterocycles. The largest absolute Gasteiger partial charge is 0.497 e. The Hall–Kier alpha value is -2.94. The molecule has 0 aliphatic heterocycles. The van der Waals surface area contributed by atoms with Crippen LogP contribution in [-0.2, 0) is 16.7 Å². The Morgan fingerprint density at radius 1 is 1.03 bits per heavy atom. The summed E-state index contributed by atoms with van der Waals surface area (Å²) in [4.78, 5) is 14.1. The van der Waals surface area contributed by atoms with Crippen molar-refractivity contribution in [3.05, 3.63) is 48.0 Å². The zero-order valence-electron chi connectivity index (χ0n) is 18.5. The summed E-state index contributed by atoms with van der Waals surface area (Å²) < 4.78 is 41.2. The van der Waals surface area contributed by atoms with Crippen LogP contribution in [0, 0.1) is 5.92 Å². The Balaban J connectivity index is 2.31. The molecule has 0 fully saturated rings. The first-order valence-electron chi connectivity index (χ1n) is 9.98. The maximum atomic E-state index is 12.7. The number of ether oxygens (including phenoxy) is 2. The number of carbonyl (C=O) groups is 1. The first-order chi connectivity index (χ1) is 14.7. The van der Waals surface area contributed by atoms with Gasteiger partial charge in [0.05, 0.1) is 14.2 Å². The van der Waals surface area contributed by atoms with Crippen molar-refractivity contribution >= 4 is 16.1 Å². The number of hydrogen-bond acceptors (Lipinski definition) is 6. The molecular weight excluding hydrogens is 420 g/mol. The molecule has 0 bridgehead atoms. The Bertz CT molecular complexity index is 974. The number of rotatable bonds is 10. The number of methoxy groups -OCH3 is 2. The summed E-state index contributed by atoms with van der Waals surface area (Å²) in [6, 6.07) is 10.7. The van der Waals surface area contributed by atoms with Crippen LogP contribution < -0.4 is 19.0 Å². The minimum atomic E-state index is -4.09. The fourth-order valence-electron chi connectivity index (χ4n) is 2.94. The average Bonchev–Trinajstić information content (AvgIpc) is 2.73. The fraction of sp³-hybridized carbons (Fsp3) is 0.409. The molecule has 0 saturated heterocycles. The van der Waals surface area contributed by atoms with Gasteiger partial charge in [-0.05, 0) is 54.8 Å². The van der Waals surface area contributed by atoms with E-state index in [0.29, 0.717) is 30.9 Å². The van der Waals surface area contributed by atoms with Gasteiger partial charge in [0, 0.05) is 19.6 Å². The second kappa shape index (κ2) is 10.9. The molecule has 1 N–H and O–H groups in total. The third kappa shape index (κ3) is 6.78. The summed E-state index contributed by atoms with van der Waals surface area (Å²) in [5, 5.41) is 2.80. The van der Waals surface area contributed by atoms with Gasteiger partial charge in [-0.2, -0.15) is 8.42 Å². The van der Waals surface area contributed by atoms with E-state index in [9.17, 15) is 13.2 Å². The molecule has 170 valence electrons. The Morgan fingerprint density at radius 3 is 2.26 bits per heavy atom. The summed E-state index contributed by atoms with van der Waals surface area (Å²) in [5.41, 5.74) is 0.715. The summed E-state index contributed by atoms with van der Waals surface area (Å²) in [6.45, 7) is 7.27. The van der Waals surface area contributed by atoms with E-state index in [1.54, 1.807) is 35.2 Å². The summed E-state index contributed by atoms with van der Waals surface area (Å²) >= 11 is 0. The molecule has 0 saturated carbocycles. The topological polar surface area (TPSA) is 94.2 Å². The zero-order valence-corrected chi connectivity index (χ0v) is 19.4. The highest BCUT2D eigenvalue weighted by Crippen LogP contribution is 2.31. The van der Waals surface area contributed by atoms with E-state index in [1.165, 1.54) is 26.4 Å². The van der Waals surface area contributed by atoms with Gasteiger partial charge in [0.1, 0.15) is 10.6 Å². The Morgan fingerprint density at radius 2 is 1.71 bits per heavy atom. The molecule has 2 aromatic rings. The maximum Gasteiger partial charge on any atom is 0.339 e. The highest BCUT2D eigenvalue weighted by Gasteiger charge is 2.21. The number of nitrogens with one attached hydrogen (secondary N) is 1. The van der Waals surface area contributed by atoms with Crippen molar-refractivity contribution in [1.82, 2.24) is 10.2 Å². The predicted octanol–water partition coefficient (Wildman–Crippen LogP) is 3.66. The Kier molecular flexibility index (Phi) is 8.56. The number of benzene rings is 2. The number of amides is 2. The number of nitrogens with zero attached hydrogens (tertiary/aromatic N) is 1. The molecule has 2 amide bonds. The van der Waals surface area contributed by atoms with Gasteiger partial charge < -0.3 is 23.9 Å². The van der Waals surface area contributed by atoms with Gasteiger partial charge >= 0.3 is 16.1 Å². The van der Waals surface area contributed by atoms with E-state index in [-0.39, 0.29) is 28.3 Å². The molecule has 0 aliphatic carbocycles. The smallest absolute Gasteiger partial charge is 0.339 e. The quantitative estimate of drug-likeness (QED) is 0.555. The van der Waals surface area contributed by atoms with Gasteiger partial charge in [0.25, 0.3) is 0 Å². The molecule has 0 aliphatic rings. The first kappa shape index (κ1) is 24.3. The lowest BCUT2D eigenvalue weighted by Gasteiger charge is -2.25. The van der Waals surface area contributed by atoms with Crippen LogP contribution in [0.3, 0.4) is 0 Å². The molecule has 9 heteroatoms. The third-order valence-electron chi connectivity index (χ3n) is 4.35. The average molecular weight is 451 g/mol. The van der Waals surface area contributed by atoms with Gasteiger partial charge in [0.15, 0.2) is 11.5 Å². The zero-order chi connectivity index (χ0) is 23.0. The standard InChI is InChI=1S/C22H30N2O6S/c1-6-23-22(25)24(14-16(2)3)15-17-7-12-20(29-5)21(13-17)30-31(26,27)19-10-8-18(28-4)9-11-19/h7-13,16H,6,14-15H2,1-5H3,(H,23,25). The van der Waals surface area contributed by atoms with Gasteiger partial charge in [0.2, 0.25) is 0 Å².